The van der Waals surface area contributed by atoms with Gasteiger partial charge in [0.2, 0.25) is 10.0 Å². The van der Waals surface area contributed by atoms with Crippen LogP contribution in [0.25, 0.3) is 0 Å². The molecule has 1 aromatic carbocycles. The van der Waals surface area contributed by atoms with E-state index in [1.165, 1.54) is 4.90 Å². The summed E-state index contributed by atoms with van der Waals surface area (Å²) in [6.45, 7) is 0.598. The summed E-state index contributed by atoms with van der Waals surface area (Å²) in [6.07, 6.45) is 3.27. The van der Waals surface area contributed by atoms with E-state index in [0.717, 1.165) is 22.0 Å². The van der Waals surface area contributed by atoms with Crippen LogP contribution in [0.5, 0.6) is 0 Å². The van der Waals surface area contributed by atoms with E-state index >= 15 is 0 Å². The summed E-state index contributed by atoms with van der Waals surface area (Å²) in [4.78, 5) is 17.0. The number of carbonyl (C=O) groups excluding carboxylic acids is 1. The highest BCUT2D eigenvalue weighted by Gasteiger charge is 2.32. The highest BCUT2D eigenvalue weighted by Crippen LogP contribution is 2.21. The van der Waals surface area contributed by atoms with Crippen molar-refractivity contribution >= 4 is 16.1 Å². The number of amides is 2. The molecule has 1 fully saturated rings. The van der Waals surface area contributed by atoms with Crippen molar-refractivity contribution in [3.05, 3.63) is 59.9 Å². The number of benzene rings is 1. The lowest BCUT2D eigenvalue weighted by Gasteiger charge is -2.34. The van der Waals surface area contributed by atoms with Gasteiger partial charge in [0, 0.05) is 45.1 Å². The Morgan fingerprint density at radius 1 is 1.15 bits per heavy atom. The molecule has 144 valence electrons. The predicted octanol–water partition coefficient (Wildman–Crippen LogP) is 1.58. The number of pyridine rings is 1. The standard InChI is InChI=1S/C17H18F2N4O3S/c18-14-3-4-15(19)16(10-14)27(25,26)23-8-6-22(7-9-23)17(24)21-12-13-2-1-5-20-11-13/h1-5,10-11H,6-9,12H2,(H,21,24). The van der Waals surface area contributed by atoms with Gasteiger partial charge >= 0.3 is 6.03 Å². The van der Waals surface area contributed by atoms with Crippen LogP contribution < -0.4 is 5.32 Å². The monoisotopic (exact) mass is 396 g/mol. The third-order valence-electron chi connectivity index (χ3n) is 4.20. The smallest absolute Gasteiger partial charge is 0.317 e. The SMILES string of the molecule is O=C(NCc1cccnc1)N1CCN(S(=O)(=O)c2cc(F)ccc2F)CC1. The van der Waals surface area contributed by atoms with Gasteiger partial charge in [-0.25, -0.2) is 22.0 Å². The third kappa shape index (κ3) is 4.40. The molecule has 3 rings (SSSR count). The van der Waals surface area contributed by atoms with Crippen molar-refractivity contribution in [3.8, 4) is 0 Å². The summed E-state index contributed by atoms with van der Waals surface area (Å²) in [6, 6.07) is 5.57. The van der Waals surface area contributed by atoms with Gasteiger partial charge < -0.3 is 10.2 Å². The van der Waals surface area contributed by atoms with Crippen LogP contribution in [0.15, 0.2) is 47.6 Å². The number of nitrogens with one attached hydrogen (secondary N) is 1. The van der Waals surface area contributed by atoms with Gasteiger partial charge in [0.15, 0.2) is 0 Å². The Hall–Kier alpha value is -2.59. The molecule has 0 spiro atoms. The number of nitrogens with zero attached hydrogens (tertiary/aromatic N) is 3. The predicted molar refractivity (Wildman–Crippen MR) is 93.2 cm³/mol. The van der Waals surface area contributed by atoms with Gasteiger partial charge in [-0.15, -0.1) is 0 Å². The Kier molecular flexibility index (Phi) is 5.66. The molecule has 0 unspecified atom stereocenters. The van der Waals surface area contributed by atoms with Crippen molar-refractivity contribution < 1.29 is 22.0 Å². The average molecular weight is 396 g/mol. The summed E-state index contributed by atoms with van der Waals surface area (Å²) >= 11 is 0. The Morgan fingerprint density at radius 2 is 1.89 bits per heavy atom. The molecule has 1 aliphatic rings. The molecule has 2 heterocycles. The van der Waals surface area contributed by atoms with Crippen LogP contribution in [0.4, 0.5) is 13.6 Å². The fraction of sp³-hybridized carbons (Fsp3) is 0.294. The summed E-state index contributed by atoms with van der Waals surface area (Å²) in [5, 5.41) is 2.74. The quantitative estimate of drug-likeness (QED) is 0.851. The average Bonchev–Trinajstić information content (AvgIpc) is 2.68. The topological polar surface area (TPSA) is 82.6 Å². The van der Waals surface area contributed by atoms with Crippen molar-refractivity contribution in [2.45, 2.75) is 11.4 Å². The first-order valence-electron chi connectivity index (χ1n) is 8.25. The molecule has 2 aromatic rings. The number of rotatable bonds is 4. The van der Waals surface area contributed by atoms with Gasteiger partial charge in [-0.3, -0.25) is 4.98 Å². The summed E-state index contributed by atoms with van der Waals surface area (Å²) < 4.78 is 53.3. The number of piperazine rings is 1. The number of aromatic nitrogens is 1. The van der Waals surface area contributed by atoms with Crippen molar-refractivity contribution in [3.63, 3.8) is 0 Å². The molecule has 0 radical (unpaired) electrons. The summed E-state index contributed by atoms with van der Waals surface area (Å²) in [5.74, 6) is -1.84. The minimum atomic E-state index is -4.17. The molecule has 0 saturated carbocycles. The van der Waals surface area contributed by atoms with Crippen LogP contribution in [-0.4, -0.2) is 54.8 Å². The van der Waals surface area contributed by atoms with Crippen molar-refractivity contribution in [2.75, 3.05) is 26.2 Å². The van der Waals surface area contributed by atoms with E-state index in [1.54, 1.807) is 18.5 Å². The number of halogens is 2. The lowest BCUT2D eigenvalue weighted by atomic mass is 10.3. The van der Waals surface area contributed by atoms with Crippen LogP contribution in [0.1, 0.15) is 5.56 Å². The highest BCUT2D eigenvalue weighted by atomic mass is 32.2. The van der Waals surface area contributed by atoms with E-state index in [2.05, 4.69) is 10.3 Å². The molecule has 0 bridgehead atoms. The Morgan fingerprint density at radius 3 is 2.56 bits per heavy atom. The molecular formula is C17H18F2N4O3S. The minimum Gasteiger partial charge on any atom is -0.334 e. The van der Waals surface area contributed by atoms with Crippen molar-refractivity contribution in [1.82, 2.24) is 19.5 Å². The van der Waals surface area contributed by atoms with Crippen LogP contribution in [0.2, 0.25) is 0 Å². The molecule has 0 aliphatic carbocycles. The van der Waals surface area contributed by atoms with E-state index in [-0.39, 0.29) is 32.2 Å². The molecule has 10 heteroatoms. The van der Waals surface area contributed by atoms with E-state index in [4.69, 9.17) is 0 Å². The third-order valence-corrected chi connectivity index (χ3v) is 6.12. The lowest BCUT2D eigenvalue weighted by Crippen LogP contribution is -2.53. The number of urea groups is 1. The second-order valence-electron chi connectivity index (χ2n) is 5.99. The highest BCUT2D eigenvalue weighted by molar-refractivity contribution is 7.89. The maximum absolute atomic E-state index is 13.8. The first kappa shape index (κ1) is 19.2. The van der Waals surface area contributed by atoms with Crippen LogP contribution >= 0.6 is 0 Å². The Balaban J connectivity index is 1.59. The maximum Gasteiger partial charge on any atom is 0.317 e. The largest absolute Gasteiger partial charge is 0.334 e. The number of hydrogen-bond acceptors (Lipinski definition) is 4. The molecule has 1 saturated heterocycles. The second kappa shape index (κ2) is 7.97. The fourth-order valence-electron chi connectivity index (χ4n) is 2.74. The van der Waals surface area contributed by atoms with Crippen LogP contribution in [-0.2, 0) is 16.6 Å². The number of carbonyl (C=O) groups is 1. The zero-order chi connectivity index (χ0) is 19.4. The van der Waals surface area contributed by atoms with Crippen LogP contribution in [0, 0.1) is 11.6 Å². The van der Waals surface area contributed by atoms with Gasteiger partial charge in [-0.1, -0.05) is 6.07 Å². The first-order valence-corrected chi connectivity index (χ1v) is 9.69. The molecule has 0 atom stereocenters. The second-order valence-corrected chi connectivity index (χ2v) is 7.89. The van der Waals surface area contributed by atoms with Crippen molar-refractivity contribution in [1.29, 1.82) is 0 Å². The molecule has 1 aromatic heterocycles. The lowest BCUT2D eigenvalue weighted by molar-refractivity contribution is 0.172. The van der Waals surface area contributed by atoms with E-state index < -0.39 is 26.6 Å². The zero-order valence-electron chi connectivity index (χ0n) is 14.3. The minimum absolute atomic E-state index is 0.00139. The first-order chi connectivity index (χ1) is 12.9. The molecule has 27 heavy (non-hydrogen) atoms. The molecule has 7 nitrogen and oxygen atoms in total. The van der Waals surface area contributed by atoms with Crippen molar-refractivity contribution in [2.24, 2.45) is 0 Å². The number of hydrogen-bond donors (Lipinski definition) is 1. The molecule has 1 aliphatic heterocycles. The van der Waals surface area contributed by atoms with Gasteiger partial charge in [0.25, 0.3) is 0 Å². The molecule has 1 N–H and O–H groups in total. The molecule has 2 amide bonds. The van der Waals surface area contributed by atoms with E-state index in [9.17, 15) is 22.0 Å². The molecular weight excluding hydrogens is 378 g/mol. The Labute approximate surface area is 155 Å². The van der Waals surface area contributed by atoms with Gasteiger partial charge in [0.1, 0.15) is 16.5 Å². The van der Waals surface area contributed by atoms with Gasteiger partial charge in [-0.2, -0.15) is 4.31 Å². The van der Waals surface area contributed by atoms with Gasteiger partial charge in [-0.05, 0) is 29.8 Å². The normalized spacial score (nSPS) is 15.6. The maximum atomic E-state index is 13.8. The van der Waals surface area contributed by atoms with E-state index in [1.807, 2.05) is 6.07 Å². The summed E-state index contributed by atoms with van der Waals surface area (Å²) in [7, 11) is -4.17. The summed E-state index contributed by atoms with van der Waals surface area (Å²) in [5.41, 5.74) is 0.841. The zero-order valence-corrected chi connectivity index (χ0v) is 15.1. The van der Waals surface area contributed by atoms with Crippen LogP contribution in [0.3, 0.4) is 0 Å². The van der Waals surface area contributed by atoms with E-state index in [0.29, 0.717) is 12.6 Å². The van der Waals surface area contributed by atoms with Gasteiger partial charge in [0.05, 0.1) is 0 Å². The fourth-order valence-corrected chi connectivity index (χ4v) is 4.24. The Bertz CT molecular complexity index is 917. The number of sulfonamides is 1.